The summed E-state index contributed by atoms with van der Waals surface area (Å²) in [5, 5.41) is 0. The van der Waals surface area contributed by atoms with Gasteiger partial charge in [0.1, 0.15) is 5.78 Å². The van der Waals surface area contributed by atoms with E-state index in [0.29, 0.717) is 5.78 Å². The van der Waals surface area contributed by atoms with Crippen LogP contribution in [0.4, 0.5) is 0 Å². The number of rotatable bonds is 1. The molecule has 0 bridgehead atoms. The van der Waals surface area contributed by atoms with Gasteiger partial charge in [0.05, 0.1) is 5.92 Å². The average molecular weight is 220 g/mol. The van der Waals surface area contributed by atoms with Gasteiger partial charge in [-0.3, -0.25) is 4.79 Å². The molecule has 0 saturated heterocycles. The van der Waals surface area contributed by atoms with E-state index >= 15 is 0 Å². The summed E-state index contributed by atoms with van der Waals surface area (Å²) >= 11 is 1.80. The summed E-state index contributed by atoms with van der Waals surface area (Å²) in [5.74, 6) is 1.38. The van der Waals surface area contributed by atoms with E-state index in [1.807, 2.05) is 32.9 Å². The van der Waals surface area contributed by atoms with Crippen LogP contribution in [0.5, 0.6) is 0 Å². The van der Waals surface area contributed by atoms with Crippen molar-refractivity contribution in [3.05, 3.63) is 29.8 Å². The first-order valence-electron chi connectivity index (χ1n) is 5.26. The fourth-order valence-electron chi connectivity index (χ4n) is 1.90. The van der Waals surface area contributed by atoms with Crippen LogP contribution in [-0.2, 0) is 4.79 Å². The van der Waals surface area contributed by atoms with Gasteiger partial charge in [0, 0.05) is 16.1 Å². The molecular formula is C13H16OS. The SMILES string of the molecule is CC(C)(C)C(=O)C1CSc2ccccc21. The third-order valence-electron chi connectivity index (χ3n) is 2.76. The Morgan fingerprint density at radius 2 is 2.00 bits per heavy atom. The summed E-state index contributed by atoms with van der Waals surface area (Å²) in [5.41, 5.74) is 0.991. The summed E-state index contributed by atoms with van der Waals surface area (Å²) in [7, 11) is 0. The maximum absolute atomic E-state index is 12.2. The van der Waals surface area contributed by atoms with E-state index in [-0.39, 0.29) is 11.3 Å². The van der Waals surface area contributed by atoms with Gasteiger partial charge in [0.2, 0.25) is 0 Å². The molecule has 1 aliphatic heterocycles. The Balaban J connectivity index is 2.32. The Labute approximate surface area is 95.3 Å². The Morgan fingerprint density at radius 1 is 1.33 bits per heavy atom. The van der Waals surface area contributed by atoms with Gasteiger partial charge < -0.3 is 0 Å². The summed E-state index contributed by atoms with van der Waals surface area (Å²) in [6.45, 7) is 6.00. The van der Waals surface area contributed by atoms with Gasteiger partial charge in [-0.25, -0.2) is 0 Å². The molecule has 80 valence electrons. The van der Waals surface area contributed by atoms with Crippen LogP contribution < -0.4 is 0 Å². The first-order chi connectivity index (χ1) is 7.00. The van der Waals surface area contributed by atoms with Crippen molar-refractivity contribution in [2.45, 2.75) is 31.6 Å². The number of benzene rings is 1. The molecule has 1 aliphatic rings. The van der Waals surface area contributed by atoms with Crippen LogP contribution in [-0.4, -0.2) is 11.5 Å². The molecule has 0 aromatic heterocycles. The minimum Gasteiger partial charge on any atom is -0.298 e. The van der Waals surface area contributed by atoms with Crippen LogP contribution in [0.25, 0.3) is 0 Å². The summed E-state index contributed by atoms with van der Waals surface area (Å²) < 4.78 is 0. The van der Waals surface area contributed by atoms with Crippen molar-refractivity contribution in [2.75, 3.05) is 5.75 Å². The quantitative estimate of drug-likeness (QED) is 0.720. The normalized spacial score (nSPS) is 20.1. The second kappa shape index (κ2) is 3.67. The first kappa shape index (κ1) is 10.7. The zero-order valence-corrected chi connectivity index (χ0v) is 10.2. The van der Waals surface area contributed by atoms with Crippen LogP contribution in [0.15, 0.2) is 29.2 Å². The van der Waals surface area contributed by atoms with Crippen molar-refractivity contribution in [1.82, 2.24) is 0 Å². The minimum atomic E-state index is -0.233. The maximum atomic E-state index is 12.2. The molecule has 0 fully saturated rings. The number of fused-ring (bicyclic) bond motifs is 1. The van der Waals surface area contributed by atoms with Gasteiger partial charge >= 0.3 is 0 Å². The predicted octanol–water partition coefficient (Wildman–Crippen LogP) is 3.49. The van der Waals surface area contributed by atoms with E-state index in [1.165, 1.54) is 10.5 Å². The van der Waals surface area contributed by atoms with Crippen molar-refractivity contribution in [3.63, 3.8) is 0 Å². The molecule has 0 radical (unpaired) electrons. The number of hydrogen-bond donors (Lipinski definition) is 0. The fraction of sp³-hybridized carbons (Fsp3) is 0.462. The standard InChI is InChI=1S/C13H16OS/c1-13(2,3)12(14)10-8-15-11-7-5-4-6-9(10)11/h4-7,10H,8H2,1-3H3. The zero-order valence-electron chi connectivity index (χ0n) is 9.41. The lowest BCUT2D eigenvalue weighted by atomic mass is 9.81. The van der Waals surface area contributed by atoms with Gasteiger partial charge in [-0.1, -0.05) is 39.0 Å². The highest BCUT2D eigenvalue weighted by molar-refractivity contribution is 7.99. The second-order valence-corrected chi connectivity index (χ2v) is 6.08. The van der Waals surface area contributed by atoms with Crippen molar-refractivity contribution < 1.29 is 4.79 Å². The molecular weight excluding hydrogens is 204 g/mol. The molecule has 1 aromatic rings. The highest BCUT2D eigenvalue weighted by Gasteiger charge is 2.35. The lowest BCUT2D eigenvalue weighted by Crippen LogP contribution is -2.26. The molecule has 2 rings (SSSR count). The van der Waals surface area contributed by atoms with Gasteiger partial charge in [0.15, 0.2) is 0 Å². The average Bonchev–Trinajstić information content (AvgIpc) is 2.58. The van der Waals surface area contributed by atoms with Crippen molar-refractivity contribution in [2.24, 2.45) is 5.41 Å². The molecule has 1 nitrogen and oxygen atoms in total. The molecule has 1 heterocycles. The minimum absolute atomic E-state index is 0.103. The van der Waals surface area contributed by atoms with Gasteiger partial charge in [0.25, 0.3) is 0 Å². The van der Waals surface area contributed by atoms with E-state index in [9.17, 15) is 4.79 Å². The molecule has 0 spiro atoms. The van der Waals surface area contributed by atoms with Crippen LogP contribution in [0, 0.1) is 5.41 Å². The van der Waals surface area contributed by atoms with E-state index in [0.717, 1.165) is 5.75 Å². The number of carbonyl (C=O) groups excluding carboxylic acids is 1. The summed E-state index contributed by atoms with van der Waals surface area (Å²) in [6, 6.07) is 8.25. The van der Waals surface area contributed by atoms with Gasteiger partial charge in [-0.2, -0.15) is 0 Å². The van der Waals surface area contributed by atoms with E-state index in [2.05, 4.69) is 12.1 Å². The number of ketones is 1. The van der Waals surface area contributed by atoms with Crippen LogP contribution in [0.2, 0.25) is 0 Å². The van der Waals surface area contributed by atoms with E-state index < -0.39 is 0 Å². The Kier molecular flexibility index (Phi) is 2.63. The molecule has 0 saturated carbocycles. The topological polar surface area (TPSA) is 17.1 Å². The van der Waals surface area contributed by atoms with E-state index in [1.54, 1.807) is 11.8 Å². The molecule has 0 N–H and O–H groups in total. The van der Waals surface area contributed by atoms with Gasteiger partial charge in [-0.05, 0) is 11.6 Å². The number of carbonyl (C=O) groups is 1. The number of thioether (sulfide) groups is 1. The Morgan fingerprint density at radius 3 is 2.67 bits per heavy atom. The predicted molar refractivity (Wildman–Crippen MR) is 64.4 cm³/mol. The third kappa shape index (κ3) is 1.96. The van der Waals surface area contributed by atoms with Crippen LogP contribution in [0.1, 0.15) is 32.3 Å². The summed E-state index contributed by atoms with van der Waals surface area (Å²) in [4.78, 5) is 13.5. The monoisotopic (exact) mass is 220 g/mol. The Bertz CT molecular complexity index is 390. The highest BCUT2D eigenvalue weighted by atomic mass is 32.2. The van der Waals surface area contributed by atoms with Crippen LogP contribution in [0.3, 0.4) is 0 Å². The number of Topliss-reactive ketones (excluding diaryl/α,β-unsaturated/α-hetero) is 1. The van der Waals surface area contributed by atoms with Crippen LogP contribution >= 0.6 is 11.8 Å². The first-order valence-corrected chi connectivity index (χ1v) is 6.25. The second-order valence-electron chi connectivity index (χ2n) is 5.02. The molecule has 2 heteroatoms. The molecule has 0 amide bonds. The highest BCUT2D eigenvalue weighted by Crippen LogP contribution is 2.42. The number of hydrogen-bond acceptors (Lipinski definition) is 2. The fourth-order valence-corrected chi connectivity index (χ4v) is 3.13. The third-order valence-corrected chi connectivity index (χ3v) is 3.94. The largest absolute Gasteiger partial charge is 0.298 e. The van der Waals surface area contributed by atoms with E-state index in [4.69, 9.17) is 0 Å². The molecule has 1 unspecified atom stereocenters. The summed E-state index contributed by atoms with van der Waals surface area (Å²) in [6.07, 6.45) is 0. The van der Waals surface area contributed by atoms with Crippen molar-refractivity contribution in [3.8, 4) is 0 Å². The molecule has 1 atom stereocenters. The Hall–Kier alpha value is -0.760. The van der Waals surface area contributed by atoms with Gasteiger partial charge in [-0.15, -0.1) is 11.8 Å². The lowest BCUT2D eigenvalue weighted by Gasteiger charge is -2.21. The van der Waals surface area contributed by atoms with Crippen molar-refractivity contribution >= 4 is 17.5 Å². The smallest absolute Gasteiger partial charge is 0.146 e. The zero-order chi connectivity index (χ0) is 11.1. The molecule has 0 aliphatic carbocycles. The molecule has 15 heavy (non-hydrogen) atoms. The van der Waals surface area contributed by atoms with Crippen molar-refractivity contribution in [1.29, 1.82) is 0 Å². The lowest BCUT2D eigenvalue weighted by molar-refractivity contribution is -0.127. The molecule has 1 aromatic carbocycles. The maximum Gasteiger partial charge on any atom is 0.146 e.